The maximum absolute atomic E-state index is 14.8. The molecule has 1 aromatic carbocycles. The zero-order chi connectivity index (χ0) is 23.6. The number of halogens is 11. The molecular formula is C18H17F11O. The summed E-state index contributed by atoms with van der Waals surface area (Å²) < 4.78 is 151. The summed E-state index contributed by atoms with van der Waals surface area (Å²) in [5, 5.41) is 9.95. The zero-order valence-corrected chi connectivity index (χ0v) is 15.5. The minimum Gasteiger partial charge on any atom is -0.388 e. The summed E-state index contributed by atoms with van der Waals surface area (Å²) in [6.07, 6.45) is -5.05. The fourth-order valence-electron chi connectivity index (χ4n) is 3.33. The van der Waals surface area contributed by atoms with Crippen LogP contribution in [-0.2, 0) is 6.42 Å². The van der Waals surface area contributed by atoms with E-state index in [9.17, 15) is 53.4 Å². The molecule has 0 aliphatic heterocycles. The first-order chi connectivity index (χ1) is 13.3. The van der Waals surface area contributed by atoms with Crippen LogP contribution in [0.3, 0.4) is 0 Å². The Morgan fingerprint density at radius 2 is 1.17 bits per heavy atom. The van der Waals surface area contributed by atoms with Gasteiger partial charge in [0.15, 0.2) is 0 Å². The van der Waals surface area contributed by atoms with Gasteiger partial charge in [-0.15, -0.1) is 0 Å². The van der Waals surface area contributed by atoms with E-state index in [0.717, 1.165) is 12.1 Å². The number of benzene rings is 1. The van der Waals surface area contributed by atoms with Gasteiger partial charge in [-0.3, -0.25) is 0 Å². The zero-order valence-electron chi connectivity index (χ0n) is 15.5. The van der Waals surface area contributed by atoms with Crippen LogP contribution < -0.4 is 0 Å². The van der Waals surface area contributed by atoms with Crippen molar-refractivity contribution >= 4 is 0 Å². The molecule has 1 saturated carbocycles. The van der Waals surface area contributed by atoms with E-state index in [1.807, 2.05) is 0 Å². The SMILES string of the molecule is CC(C)Cc1cccc(C(O)CC2(F)C(F)(F)C(F)(F)C(F)(F)C(F)(F)C2(F)F)c1. The summed E-state index contributed by atoms with van der Waals surface area (Å²) >= 11 is 0. The first kappa shape index (κ1) is 24.7. The quantitative estimate of drug-likeness (QED) is 0.521. The van der Waals surface area contributed by atoms with E-state index < -0.39 is 53.4 Å². The van der Waals surface area contributed by atoms with Gasteiger partial charge in [0, 0.05) is 6.42 Å². The van der Waals surface area contributed by atoms with Crippen molar-refractivity contribution in [1.82, 2.24) is 0 Å². The summed E-state index contributed by atoms with van der Waals surface area (Å²) in [6.45, 7) is 3.51. The molecule has 30 heavy (non-hydrogen) atoms. The molecule has 0 aromatic heterocycles. The van der Waals surface area contributed by atoms with Crippen LogP contribution in [0.1, 0.15) is 37.5 Å². The highest BCUT2D eigenvalue weighted by atomic mass is 19.4. The predicted molar refractivity (Wildman–Crippen MR) is 83.1 cm³/mol. The second kappa shape index (κ2) is 6.96. The molecule has 0 amide bonds. The van der Waals surface area contributed by atoms with Gasteiger partial charge in [0.1, 0.15) is 0 Å². The molecule has 0 radical (unpaired) electrons. The van der Waals surface area contributed by atoms with Crippen molar-refractivity contribution in [3.05, 3.63) is 35.4 Å². The number of alkyl halides is 11. The van der Waals surface area contributed by atoms with Crippen LogP contribution in [0.25, 0.3) is 0 Å². The molecule has 0 spiro atoms. The van der Waals surface area contributed by atoms with Gasteiger partial charge < -0.3 is 5.11 Å². The summed E-state index contributed by atoms with van der Waals surface area (Å²) in [4.78, 5) is 0. The highest BCUT2D eigenvalue weighted by Crippen LogP contribution is 2.70. The van der Waals surface area contributed by atoms with Gasteiger partial charge >= 0.3 is 29.6 Å². The van der Waals surface area contributed by atoms with Gasteiger partial charge in [-0.25, -0.2) is 4.39 Å². The van der Waals surface area contributed by atoms with Crippen molar-refractivity contribution in [3.8, 4) is 0 Å². The fraction of sp³-hybridized carbons (Fsp3) is 0.667. The first-order valence-electron chi connectivity index (χ1n) is 8.63. The maximum atomic E-state index is 14.8. The van der Waals surface area contributed by atoms with Crippen molar-refractivity contribution in [2.75, 3.05) is 0 Å². The van der Waals surface area contributed by atoms with E-state index in [4.69, 9.17) is 0 Å². The fourth-order valence-corrected chi connectivity index (χ4v) is 3.33. The molecule has 1 aromatic rings. The summed E-state index contributed by atoms with van der Waals surface area (Å²) in [5.41, 5.74) is -6.29. The van der Waals surface area contributed by atoms with E-state index in [2.05, 4.69) is 0 Å². The standard InChI is InChI=1S/C18H17F11O/c1-9(2)6-10-4-3-5-11(7-10)12(30)8-13(19)14(20,21)16(24,25)18(28,29)17(26,27)15(13,22)23/h3-5,7,9,12,30H,6,8H2,1-2H3. The van der Waals surface area contributed by atoms with E-state index >= 15 is 0 Å². The Hall–Kier alpha value is -1.59. The molecule has 0 bridgehead atoms. The third-order valence-corrected chi connectivity index (χ3v) is 5.03. The van der Waals surface area contributed by atoms with Crippen LogP contribution in [0, 0.1) is 5.92 Å². The van der Waals surface area contributed by atoms with Gasteiger partial charge in [-0.2, -0.15) is 43.9 Å². The predicted octanol–water partition coefficient (Wildman–Crippen LogP) is 6.21. The second-order valence-corrected chi connectivity index (χ2v) is 7.74. The van der Waals surface area contributed by atoms with Gasteiger partial charge in [0.25, 0.3) is 5.67 Å². The molecule has 0 saturated heterocycles. The van der Waals surface area contributed by atoms with E-state index in [-0.39, 0.29) is 5.92 Å². The molecule has 1 aliphatic rings. The Labute approximate surface area is 163 Å². The number of hydrogen-bond donors (Lipinski definition) is 1. The van der Waals surface area contributed by atoms with E-state index in [0.29, 0.717) is 12.0 Å². The molecule has 1 aliphatic carbocycles. The van der Waals surface area contributed by atoms with Crippen LogP contribution in [0.2, 0.25) is 0 Å². The van der Waals surface area contributed by atoms with Crippen LogP contribution in [0.15, 0.2) is 24.3 Å². The Kier molecular flexibility index (Phi) is 5.73. The third kappa shape index (κ3) is 3.00. The second-order valence-electron chi connectivity index (χ2n) is 7.74. The van der Waals surface area contributed by atoms with Crippen molar-refractivity contribution in [1.29, 1.82) is 0 Å². The van der Waals surface area contributed by atoms with Crippen molar-refractivity contribution in [3.63, 3.8) is 0 Å². The highest BCUT2D eigenvalue weighted by Gasteiger charge is 3.00. The molecule has 0 heterocycles. The van der Waals surface area contributed by atoms with Crippen molar-refractivity contribution in [2.45, 2.75) is 68.1 Å². The molecule has 1 atom stereocenters. The van der Waals surface area contributed by atoms with Crippen molar-refractivity contribution < 1.29 is 53.4 Å². The van der Waals surface area contributed by atoms with Crippen LogP contribution in [0.5, 0.6) is 0 Å². The lowest BCUT2D eigenvalue weighted by atomic mass is 9.69. The van der Waals surface area contributed by atoms with Gasteiger partial charge in [-0.1, -0.05) is 38.1 Å². The average molecular weight is 458 g/mol. The van der Waals surface area contributed by atoms with Gasteiger partial charge in [-0.05, 0) is 23.5 Å². The highest BCUT2D eigenvalue weighted by molar-refractivity contribution is 5.30. The van der Waals surface area contributed by atoms with Gasteiger partial charge in [0.05, 0.1) is 6.10 Å². The molecule has 2 rings (SSSR count). The molecular weight excluding hydrogens is 441 g/mol. The normalized spacial score (nSPS) is 26.4. The molecule has 1 fully saturated rings. The number of aliphatic hydroxyl groups excluding tert-OH is 1. The van der Waals surface area contributed by atoms with Crippen LogP contribution >= 0.6 is 0 Å². The maximum Gasteiger partial charge on any atom is 0.384 e. The summed E-state index contributed by atoms with van der Waals surface area (Å²) in [7, 11) is 0. The Bertz CT molecular complexity index is 758. The number of hydrogen-bond acceptors (Lipinski definition) is 1. The first-order valence-corrected chi connectivity index (χ1v) is 8.63. The van der Waals surface area contributed by atoms with Crippen LogP contribution in [-0.4, -0.2) is 40.4 Å². The Morgan fingerprint density at radius 1 is 0.733 bits per heavy atom. The smallest absolute Gasteiger partial charge is 0.384 e. The summed E-state index contributed by atoms with van der Waals surface area (Å²) in [5.74, 6) is -35.4. The summed E-state index contributed by atoms with van der Waals surface area (Å²) in [6, 6.07) is 4.66. The molecule has 172 valence electrons. The number of rotatable bonds is 5. The average Bonchev–Trinajstić information content (AvgIpc) is 2.59. The minimum atomic E-state index is -7.26. The number of aliphatic hydroxyl groups is 1. The molecule has 1 N–H and O–H groups in total. The molecule has 12 heteroatoms. The van der Waals surface area contributed by atoms with Crippen molar-refractivity contribution in [2.24, 2.45) is 5.92 Å². The van der Waals surface area contributed by atoms with Crippen LogP contribution in [0.4, 0.5) is 48.3 Å². The third-order valence-electron chi connectivity index (χ3n) is 5.03. The van der Waals surface area contributed by atoms with E-state index in [1.165, 1.54) is 12.1 Å². The Morgan fingerprint density at radius 3 is 1.60 bits per heavy atom. The Balaban J connectivity index is 2.56. The lowest BCUT2D eigenvalue weighted by molar-refractivity contribution is -0.487. The largest absolute Gasteiger partial charge is 0.388 e. The molecule has 1 nitrogen and oxygen atoms in total. The minimum absolute atomic E-state index is 0.0246. The monoisotopic (exact) mass is 458 g/mol. The lowest BCUT2D eigenvalue weighted by Gasteiger charge is -2.52. The van der Waals surface area contributed by atoms with Gasteiger partial charge in [0.2, 0.25) is 0 Å². The molecule has 1 unspecified atom stereocenters. The topological polar surface area (TPSA) is 20.2 Å². The van der Waals surface area contributed by atoms with E-state index in [1.54, 1.807) is 13.8 Å². The lowest BCUT2D eigenvalue weighted by Crippen LogP contribution is -2.83.